The number of hydrogen-bond acceptors (Lipinski definition) is 3. The van der Waals surface area contributed by atoms with Crippen LogP contribution in [0, 0.1) is 5.92 Å². The van der Waals surface area contributed by atoms with Gasteiger partial charge in [0.05, 0.1) is 17.2 Å². The average molecular weight is 400 g/mol. The highest BCUT2D eigenvalue weighted by Gasteiger charge is 2.26. The summed E-state index contributed by atoms with van der Waals surface area (Å²) >= 11 is 12.1. The van der Waals surface area contributed by atoms with Crippen LogP contribution in [0.2, 0.25) is 10.0 Å². The molecule has 5 nitrogen and oxygen atoms in total. The van der Waals surface area contributed by atoms with Crippen molar-refractivity contribution in [2.75, 3.05) is 6.61 Å². The lowest BCUT2D eigenvalue weighted by Gasteiger charge is -2.22. The van der Waals surface area contributed by atoms with Crippen molar-refractivity contribution in [2.24, 2.45) is 5.92 Å². The van der Waals surface area contributed by atoms with Crippen LogP contribution in [-0.4, -0.2) is 22.2 Å². The van der Waals surface area contributed by atoms with Gasteiger partial charge in [0, 0.05) is 18.3 Å². The highest BCUT2D eigenvalue weighted by Crippen LogP contribution is 2.38. The van der Waals surface area contributed by atoms with E-state index in [9.17, 15) is 14.7 Å². The van der Waals surface area contributed by atoms with Crippen LogP contribution in [0.25, 0.3) is 11.1 Å². The van der Waals surface area contributed by atoms with Crippen LogP contribution in [-0.2, 0) is 6.54 Å². The molecule has 0 amide bonds. The Hall–Kier alpha value is -1.72. The Labute approximate surface area is 162 Å². The van der Waals surface area contributed by atoms with Gasteiger partial charge in [-0.25, -0.2) is 4.79 Å². The number of carboxylic acids is 1. The molecule has 1 aliphatic heterocycles. The van der Waals surface area contributed by atoms with Gasteiger partial charge in [-0.3, -0.25) is 4.79 Å². The number of pyridine rings is 1. The molecule has 2 aliphatic rings. The molecule has 0 unspecified atom stereocenters. The van der Waals surface area contributed by atoms with Crippen molar-refractivity contribution < 1.29 is 14.6 Å². The minimum atomic E-state index is -1.11. The summed E-state index contributed by atoms with van der Waals surface area (Å²) in [7, 11) is 0. The summed E-state index contributed by atoms with van der Waals surface area (Å²) in [5, 5.41) is 9.79. The van der Waals surface area contributed by atoms with E-state index in [4.69, 9.17) is 27.9 Å². The standard InChI is InChI=1S/C19H23Cl2NO4/c1-4-5-6-7-26-18-12-8-14(20)15(21)17(23)13(12)10-22(9-11(2)3)16(18)19(24)25/h8,10-11H,4-7,9H2,1-3H3,(H,24,25). The van der Waals surface area contributed by atoms with E-state index in [-0.39, 0.29) is 27.4 Å². The number of aromatic carboxylic acids is 1. The number of carboxylic acid groups (broad SMARTS) is 1. The highest BCUT2D eigenvalue weighted by atomic mass is 35.5. The van der Waals surface area contributed by atoms with Crippen LogP contribution >= 0.6 is 23.2 Å². The molecule has 1 heterocycles. The van der Waals surface area contributed by atoms with Gasteiger partial charge in [0.1, 0.15) is 5.02 Å². The minimum absolute atomic E-state index is 0.0143. The molecule has 0 radical (unpaired) electrons. The second-order valence-corrected chi connectivity index (χ2v) is 7.46. The van der Waals surface area contributed by atoms with E-state index in [1.54, 1.807) is 4.57 Å². The molecule has 0 atom stereocenters. The molecule has 0 aromatic carbocycles. The predicted octanol–water partition coefficient (Wildman–Crippen LogP) is 5.18. The number of halogens is 2. The first kappa shape index (κ1) is 20.6. The molecule has 0 bridgehead atoms. The minimum Gasteiger partial charge on any atom is -0.490 e. The molecule has 0 saturated carbocycles. The van der Waals surface area contributed by atoms with Gasteiger partial charge in [0.2, 0.25) is 5.43 Å². The first-order valence-electron chi connectivity index (χ1n) is 8.69. The SMILES string of the molecule is CCCCCOc1c2cc(Cl)c(Cl)c(=O)c-2cn(CC(C)C)c1C(=O)O. The largest absolute Gasteiger partial charge is 0.490 e. The van der Waals surface area contributed by atoms with Gasteiger partial charge in [-0.05, 0) is 18.4 Å². The van der Waals surface area contributed by atoms with Crippen molar-refractivity contribution >= 4 is 29.2 Å². The van der Waals surface area contributed by atoms with Crippen molar-refractivity contribution in [1.82, 2.24) is 4.57 Å². The Morgan fingerprint density at radius 2 is 1.96 bits per heavy atom. The molecular weight excluding hydrogens is 377 g/mol. The second-order valence-electron chi connectivity index (χ2n) is 6.68. The van der Waals surface area contributed by atoms with Crippen LogP contribution in [0.15, 0.2) is 17.1 Å². The zero-order valence-electron chi connectivity index (χ0n) is 15.1. The van der Waals surface area contributed by atoms with Crippen molar-refractivity contribution in [3.63, 3.8) is 0 Å². The van der Waals surface area contributed by atoms with Gasteiger partial charge in [-0.15, -0.1) is 0 Å². The smallest absolute Gasteiger partial charge is 0.356 e. The average Bonchev–Trinajstić information content (AvgIpc) is 2.56. The van der Waals surface area contributed by atoms with Crippen LogP contribution in [0.5, 0.6) is 5.75 Å². The topological polar surface area (TPSA) is 68.5 Å². The molecule has 142 valence electrons. The number of carbonyl (C=O) groups is 1. The quantitative estimate of drug-likeness (QED) is 0.620. The van der Waals surface area contributed by atoms with Gasteiger partial charge < -0.3 is 14.4 Å². The molecule has 0 aromatic rings. The lowest BCUT2D eigenvalue weighted by molar-refractivity contribution is 0.0677. The van der Waals surface area contributed by atoms with Crippen molar-refractivity contribution in [3.05, 3.63) is 38.2 Å². The number of fused-ring (bicyclic) bond motifs is 1. The summed E-state index contributed by atoms with van der Waals surface area (Å²) in [6.45, 7) is 6.81. The summed E-state index contributed by atoms with van der Waals surface area (Å²) in [6, 6.07) is 1.50. The molecule has 1 N–H and O–H groups in total. The Kier molecular flexibility index (Phi) is 6.95. The maximum Gasteiger partial charge on any atom is 0.356 e. The third-order valence-corrected chi connectivity index (χ3v) is 4.78. The number of nitrogens with zero attached hydrogens (tertiary/aromatic N) is 1. The number of aromatic nitrogens is 1. The summed E-state index contributed by atoms with van der Waals surface area (Å²) < 4.78 is 7.40. The van der Waals surface area contributed by atoms with Gasteiger partial charge in [0.15, 0.2) is 11.4 Å². The molecule has 0 saturated heterocycles. The van der Waals surface area contributed by atoms with Gasteiger partial charge in [0.25, 0.3) is 0 Å². The monoisotopic (exact) mass is 399 g/mol. The molecule has 7 heteroatoms. The molecule has 1 aliphatic carbocycles. The third kappa shape index (κ3) is 4.33. The van der Waals surface area contributed by atoms with E-state index in [2.05, 4.69) is 6.92 Å². The molecular formula is C19H23Cl2NO4. The molecule has 0 fully saturated rings. The Balaban J connectivity index is 2.73. The predicted molar refractivity (Wildman–Crippen MR) is 104 cm³/mol. The number of ether oxygens (including phenoxy) is 1. The highest BCUT2D eigenvalue weighted by molar-refractivity contribution is 6.42. The molecule has 26 heavy (non-hydrogen) atoms. The van der Waals surface area contributed by atoms with Crippen LogP contribution in [0.4, 0.5) is 0 Å². The van der Waals surface area contributed by atoms with Crippen LogP contribution < -0.4 is 10.2 Å². The molecule has 2 rings (SSSR count). The second kappa shape index (κ2) is 8.78. The van der Waals surface area contributed by atoms with Gasteiger partial charge in [-0.2, -0.15) is 0 Å². The van der Waals surface area contributed by atoms with Crippen LogP contribution in [0.3, 0.4) is 0 Å². The number of benzene rings is 1. The third-order valence-electron chi connectivity index (χ3n) is 4.01. The Morgan fingerprint density at radius 3 is 2.54 bits per heavy atom. The van der Waals surface area contributed by atoms with Gasteiger partial charge in [-0.1, -0.05) is 56.8 Å². The summed E-state index contributed by atoms with van der Waals surface area (Å²) in [4.78, 5) is 24.5. The maximum absolute atomic E-state index is 12.6. The fourth-order valence-electron chi connectivity index (χ4n) is 2.84. The maximum atomic E-state index is 12.6. The Morgan fingerprint density at radius 1 is 1.27 bits per heavy atom. The van der Waals surface area contributed by atoms with E-state index in [1.165, 1.54) is 12.3 Å². The lowest BCUT2D eigenvalue weighted by Crippen LogP contribution is -2.21. The van der Waals surface area contributed by atoms with E-state index in [1.807, 2.05) is 13.8 Å². The fourth-order valence-corrected chi connectivity index (χ4v) is 3.19. The zero-order valence-corrected chi connectivity index (χ0v) is 16.7. The van der Waals surface area contributed by atoms with E-state index < -0.39 is 11.4 Å². The zero-order chi connectivity index (χ0) is 19.4. The molecule has 0 spiro atoms. The normalized spacial score (nSPS) is 11.3. The number of rotatable bonds is 8. The Bertz CT molecular complexity index is 829. The first-order chi connectivity index (χ1) is 12.3. The van der Waals surface area contributed by atoms with E-state index in [0.29, 0.717) is 24.3 Å². The van der Waals surface area contributed by atoms with Crippen molar-refractivity contribution in [1.29, 1.82) is 0 Å². The lowest BCUT2D eigenvalue weighted by atomic mass is 10.0. The van der Waals surface area contributed by atoms with Gasteiger partial charge >= 0.3 is 5.97 Å². The molecule has 0 aromatic heterocycles. The van der Waals surface area contributed by atoms with Crippen molar-refractivity contribution in [2.45, 2.75) is 46.6 Å². The van der Waals surface area contributed by atoms with E-state index >= 15 is 0 Å². The summed E-state index contributed by atoms with van der Waals surface area (Å²) in [5.41, 5.74) is 0.261. The summed E-state index contributed by atoms with van der Waals surface area (Å²) in [5.74, 6) is -0.764. The fraction of sp³-hybridized carbons (Fsp3) is 0.474. The van der Waals surface area contributed by atoms with Crippen LogP contribution in [0.1, 0.15) is 50.5 Å². The number of hydrogen-bond donors (Lipinski definition) is 1. The number of unbranched alkanes of at least 4 members (excludes halogenated alkanes) is 2. The first-order valence-corrected chi connectivity index (χ1v) is 9.44. The van der Waals surface area contributed by atoms with Crippen molar-refractivity contribution in [3.8, 4) is 16.9 Å². The van der Waals surface area contributed by atoms with E-state index in [0.717, 1.165) is 19.3 Å². The summed E-state index contributed by atoms with van der Waals surface area (Å²) in [6.07, 6.45) is 4.31.